The third-order valence-corrected chi connectivity index (χ3v) is 3.40. The van der Waals surface area contributed by atoms with E-state index in [0.717, 1.165) is 0 Å². The quantitative estimate of drug-likeness (QED) is 0.868. The van der Waals surface area contributed by atoms with Crippen LogP contribution in [0.3, 0.4) is 0 Å². The number of rotatable bonds is 3. The van der Waals surface area contributed by atoms with Crippen molar-refractivity contribution in [1.29, 1.82) is 0 Å². The Morgan fingerprint density at radius 2 is 2.15 bits per heavy atom. The van der Waals surface area contributed by atoms with E-state index < -0.39 is 17.7 Å². The lowest BCUT2D eigenvalue weighted by Gasteiger charge is -2.31. The van der Waals surface area contributed by atoms with Gasteiger partial charge >= 0.3 is 12.1 Å². The lowest BCUT2D eigenvalue weighted by molar-refractivity contribution is -0.0964. The van der Waals surface area contributed by atoms with E-state index in [1.807, 2.05) is 0 Å². The van der Waals surface area contributed by atoms with Crippen LogP contribution in [-0.4, -0.2) is 35.2 Å². The number of carbonyl (C=O) groups is 1. The Hall–Kier alpha value is -1.76. The van der Waals surface area contributed by atoms with Crippen molar-refractivity contribution in [3.8, 4) is 0 Å². The zero-order valence-corrected chi connectivity index (χ0v) is 10.8. The Kier molecular flexibility index (Phi) is 3.89. The number of hydrogen-bond donors (Lipinski definition) is 1. The van der Waals surface area contributed by atoms with Gasteiger partial charge in [-0.2, -0.15) is 13.2 Å². The molecule has 1 aliphatic heterocycles. The van der Waals surface area contributed by atoms with Crippen molar-refractivity contribution in [1.82, 2.24) is 4.90 Å². The molecule has 0 saturated heterocycles. The molecule has 110 valence electrons. The van der Waals surface area contributed by atoms with Crippen LogP contribution < -0.4 is 0 Å². The molecule has 20 heavy (non-hydrogen) atoms. The summed E-state index contributed by atoms with van der Waals surface area (Å²) in [4.78, 5) is 12.5. The van der Waals surface area contributed by atoms with Crippen LogP contribution in [0, 0.1) is 0 Å². The summed E-state index contributed by atoms with van der Waals surface area (Å²) in [7, 11) is 0. The summed E-state index contributed by atoms with van der Waals surface area (Å²) in [5, 5.41) is 8.77. The van der Waals surface area contributed by atoms with E-state index in [9.17, 15) is 18.0 Å². The van der Waals surface area contributed by atoms with Gasteiger partial charge in [-0.25, -0.2) is 4.79 Å². The van der Waals surface area contributed by atoms with Gasteiger partial charge in [0.1, 0.15) is 5.76 Å². The number of furan rings is 1. The molecule has 1 atom stereocenters. The second kappa shape index (κ2) is 5.32. The molecule has 0 aromatic carbocycles. The molecule has 1 unspecified atom stereocenters. The maximum Gasteiger partial charge on any atom is 0.412 e. The fourth-order valence-electron chi connectivity index (χ4n) is 2.17. The topological polar surface area (TPSA) is 53.7 Å². The highest BCUT2D eigenvalue weighted by Crippen LogP contribution is 2.32. The van der Waals surface area contributed by atoms with Gasteiger partial charge in [0.2, 0.25) is 5.76 Å². The molecule has 0 aliphatic carbocycles. The zero-order chi connectivity index (χ0) is 14.9. The summed E-state index contributed by atoms with van der Waals surface area (Å²) in [5.41, 5.74) is -0.508. The van der Waals surface area contributed by atoms with Crippen LogP contribution in [0.15, 0.2) is 28.2 Å². The van der Waals surface area contributed by atoms with Gasteiger partial charge in [0.25, 0.3) is 0 Å². The van der Waals surface area contributed by atoms with E-state index in [-0.39, 0.29) is 31.3 Å². The van der Waals surface area contributed by atoms with E-state index in [4.69, 9.17) is 9.52 Å². The second-order valence-electron chi connectivity index (χ2n) is 4.66. The molecule has 0 spiro atoms. The van der Waals surface area contributed by atoms with Crippen LogP contribution in [-0.2, 0) is 0 Å². The number of halogens is 3. The van der Waals surface area contributed by atoms with Gasteiger partial charge in [-0.3, -0.25) is 4.90 Å². The third-order valence-electron chi connectivity index (χ3n) is 3.40. The zero-order valence-electron chi connectivity index (χ0n) is 10.8. The Morgan fingerprint density at radius 1 is 1.45 bits per heavy atom. The van der Waals surface area contributed by atoms with Gasteiger partial charge in [-0.15, -0.1) is 0 Å². The van der Waals surface area contributed by atoms with Crippen molar-refractivity contribution in [3.05, 3.63) is 35.3 Å². The van der Waals surface area contributed by atoms with E-state index in [1.54, 1.807) is 11.8 Å². The molecule has 0 bridgehead atoms. The maximum atomic E-state index is 12.5. The van der Waals surface area contributed by atoms with Crippen LogP contribution in [0.1, 0.15) is 35.7 Å². The molecule has 1 aliphatic rings. The standard InChI is InChI=1S/C13H14F3NO3/c1-8(10-2-3-11(20-10)12(18)19)17-6-4-9(5-7-17)13(14,15)16/h2-4,8H,5-7H2,1H3,(H,18,19). The normalized spacial score (nSPS) is 18.7. The average molecular weight is 289 g/mol. The highest BCUT2D eigenvalue weighted by Gasteiger charge is 2.35. The van der Waals surface area contributed by atoms with Crippen molar-refractivity contribution in [2.24, 2.45) is 0 Å². The van der Waals surface area contributed by atoms with Crippen LogP contribution >= 0.6 is 0 Å². The van der Waals surface area contributed by atoms with Gasteiger partial charge in [0.15, 0.2) is 0 Å². The molecule has 2 rings (SSSR count). The average Bonchev–Trinajstić information content (AvgIpc) is 2.86. The van der Waals surface area contributed by atoms with Gasteiger partial charge in [-0.05, 0) is 25.5 Å². The summed E-state index contributed by atoms with van der Waals surface area (Å²) in [6, 6.07) is 2.61. The molecule has 0 radical (unpaired) electrons. The maximum absolute atomic E-state index is 12.5. The van der Waals surface area contributed by atoms with Crippen LogP contribution in [0.2, 0.25) is 0 Å². The molecule has 0 amide bonds. The van der Waals surface area contributed by atoms with Crippen molar-refractivity contribution in [3.63, 3.8) is 0 Å². The Morgan fingerprint density at radius 3 is 2.60 bits per heavy atom. The first-order chi connectivity index (χ1) is 9.29. The fourth-order valence-corrected chi connectivity index (χ4v) is 2.17. The largest absolute Gasteiger partial charge is 0.475 e. The van der Waals surface area contributed by atoms with Gasteiger partial charge in [0.05, 0.1) is 6.04 Å². The highest BCUT2D eigenvalue weighted by molar-refractivity contribution is 5.84. The molecule has 7 heteroatoms. The highest BCUT2D eigenvalue weighted by atomic mass is 19.4. The first-order valence-electron chi connectivity index (χ1n) is 6.12. The number of aromatic carboxylic acids is 1. The molecular weight excluding hydrogens is 275 g/mol. The first kappa shape index (κ1) is 14.6. The molecule has 2 heterocycles. The fraction of sp³-hybridized carbons (Fsp3) is 0.462. The Balaban J connectivity index is 2.06. The number of alkyl halides is 3. The van der Waals surface area contributed by atoms with E-state index in [2.05, 4.69) is 0 Å². The molecule has 0 fully saturated rings. The predicted octanol–water partition coefficient (Wildman–Crippen LogP) is 3.23. The number of carboxylic acid groups (broad SMARTS) is 1. The molecule has 1 aromatic heterocycles. The monoisotopic (exact) mass is 289 g/mol. The van der Waals surface area contributed by atoms with E-state index >= 15 is 0 Å². The van der Waals surface area contributed by atoms with Gasteiger partial charge < -0.3 is 9.52 Å². The van der Waals surface area contributed by atoms with Crippen molar-refractivity contribution in [2.75, 3.05) is 13.1 Å². The van der Waals surface area contributed by atoms with Crippen LogP contribution in [0.25, 0.3) is 0 Å². The lowest BCUT2D eigenvalue weighted by Crippen LogP contribution is -2.33. The summed E-state index contributed by atoms with van der Waals surface area (Å²) in [6.45, 7) is 2.20. The summed E-state index contributed by atoms with van der Waals surface area (Å²) >= 11 is 0. The number of carboxylic acids is 1. The molecule has 4 nitrogen and oxygen atoms in total. The summed E-state index contributed by atoms with van der Waals surface area (Å²) < 4.78 is 42.7. The second-order valence-corrected chi connectivity index (χ2v) is 4.66. The van der Waals surface area contributed by atoms with Crippen molar-refractivity contribution in [2.45, 2.75) is 25.6 Å². The Labute approximate surface area is 113 Å². The minimum atomic E-state index is -4.27. The number of hydrogen-bond acceptors (Lipinski definition) is 3. The predicted molar refractivity (Wildman–Crippen MR) is 64.4 cm³/mol. The number of nitrogens with zero attached hydrogens (tertiary/aromatic N) is 1. The summed E-state index contributed by atoms with van der Waals surface area (Å²) in [5.74, 6) is -0.900. The molecule has 0 saturated carbocycles. The third kappa shape index (κ3) is 3.04. The minimum Gasteiger partial charge on any atom is -0.475 e. The van der Waals surface area contributed by atoms with Crippen molar-refractivity contribution < 1.29 is 27.5 Å². The smallest absolute Gasteiger partial charge is 0.412 e. The molecule has 1 aromatic rings. The van der Waals surface area contributed by atoms with Gasteiger partial charge in [-0.1, -0.05) is 6.08 Å². The van der Waals surface area contributed by atoms with Crippen molar-refractivity contribution >= 4 is 5.97 Å². The first-order valence-corrected chi connectivity index (χ1v) is 6.12. The Bertz CT molecular complexity index is 533. The SMILES string of the molecule is CC(c1ccc(C(=O)O)o1)N1CC=C(C(F)(F)F)CC1. The van der Waals surface area contributed by atoms with E-state index in [1.165, 1.54) is 18.2 Å². The van der Waals surface area contributed by atoms with Gasteiger partial charge in [0, 0.05) is 18.7 Å². The summed E-state index contributed by atoms with van der Waals surface area (Å²) in [6.07, 6.45) is -3.17. The van der Waals surface area contributed by atoms with Crippen LogP contribution in [0.4, 0.5) is 13.2 Å². The lowest BCUT2D eigenvalue weighted by atomic mass is 10.1. The van der Waals surface area contributed by atoms with Crippen LogP contribution in [0.5, 0.6) is 0 Å². The van der Waals surface area contributed by atoms with E-state index in [0.29, 0.717) is 5.76 Å². The molecular formula is C13H14F3NO3. The molecule has 1 N–H and O–H groups in total. The minimum absolute atomic E-state index is 0.0691.